The fourth-order valence-electron chi connectivity index (χ4n) is 3.09. The molecule has 2 aromatic carbocycles. The van der Waals surface area contributed by atoms with Crippen molar-refractivity contribution in [3.63, 3.8) is 0 Å². The van der Waals surface area contributed by atoms with E-state index in [1.54, 1.807) is 0 Å². The van der Waals surface area contributed by atoms with Crippen LogP contribution in [0.25, 0.3) is 0 Å². The minimum absolute atomic E-state index is 0. The number of halogens is 1. The van der Waals surface area contributed by atoms with E-state index in [4.69, 9.17) is 5.73 Å². The molecule has 0 bridgehead atoms. The number of nitrogens with zero attached hydrogens (tertiary/aromatic N) is 1. The fourth-order valence-corrected chi connectivity index (χ4v) is 4.14. The zero-order chi connectivity index (χ0) is 16.8. The fraction of sp³-hybridized carbons (Fsp3) is 0.350. The lowest BCUT2D eigenvalue weighted by atomic mass is 10.1. The molecule has 0 aromatic heterocycles. The van der Waals surface area contributed by atoms with Crippen molar-refractivity contribution in [3.8, 4) is 0 Å². The summed E-state index contributed by atoms with van der Waals surface area (Å²) in [5, 5.41) is 0. The van der Waals surface area contributed by atoms with E-state index < -0.39 is 6.04 Å². The molecule has 5 heteroatoms. The quantitative estimate of drug-likeness (QED) is 0.783. The third-order valence-electron chi connectivity index (χ3n) is 4.44. The molecule has 2 atom stereocenters. The van der Waals surface area contributed by atoms with Gasteiger partial charge in [-0.3, -0.25) is 4.79 Å². The third kappa shape index (κ3) is 5.77. The molecule has 0 saturated carbocycles. The Morgan fingerprint density at radius 2 is 1.76 bits per heavy atom. The van der Waals surface area contributed by atoms with Crippen molar-refractivity contribution >= 4 is 30.1 Å². The number of benzene rings is 2. The van der Waals surface area contributed by atoms with Crippen molar-refractivity contribution in [2.45, 2.75) is 23.8 Å². The van der Waals surface area contributed by atoms with Gasteiger partial charge >= 0.3 is 0 Å². The van der Waals surface area contributed by atoms with Crippen LogP contribution < -0.4 is 5.73 Å². The van der Waals surface area contributed by atoms with E-state index >= 15 is 0 Å². The molecule has 1 saturated heterocycles. The van der Waals surface area contributed by atoms with Crippen LogP contribution in [0, 0.1) is 5.92 Å². The monoisotopic (exact) mass is 376 g/mol. The first-order chi connectivity index (χ1) is 11.7. The Bertz CT molecular complexity index is 653. The molecule has 1 heterocycles. The third-order valence-corrected chi connectivity index (χ3v) is 5.69. The Hall–Kier alpha value is -1.49. The Morgan fingerprint density at radius 3 is 2.44 bits per heavy atom. The second-order valence-corrected chi connectivity index (χ2v) is 7.45. The van der Waals surface area contributed by atoms with Crippen LogP contribution in [0.2, 0.25) is 0 Å². The van der Waals surface area contributed by atoms with Gasteiger partial charge in [0.05, 0.1) is 6.04 Å². The zero-order valence-corrected chi connectivity index (χ0v) is 15.8. The lowest BCUT2D eigenvalue weighted by Gasteiger charge is -2.21. The second-order valence-electron chi connectivity index (χ2n) is 6.36. The number of likely N-dealkylation sites (tertiary alicyclic amines) is 1. The van der Waals surface area contributed by atoms with E-state index in [1.165, 1.54) is 4.90 Å². The molecule has 1 amide bonds. The van der Waals surface area contributed by atoms with Gasteiger partial charge in [-0.15, -0.1) is 24.2 Å². The van der Waals surface area contributed by atoms with E-state index in [0.717, 1.165) is 30.8 Å². The maximum Gasteiger partial charge on any atom is 0.239 e. The van der Waals surface area contributed by atoms with E-state index in [1.807, 2.05) is 53.1 Å². The number of rotatable bonds is 6. The van der Waals surface area contributed by atoms with Gasteiger partial charge < -0.3 is 10.6 Å². The predicted molar refractivity (Wildman–Crippen MR) is 107 cm³/mol. The molecule has 2 aromatic rings. The highest BCUT2D eigenvalue weighted by atomic mass is 35.5. The average Bonchev–Trinajstić information content (AvgIpc) is 3.10. The first-order valence-corrected chi connectivity index (χ1v) is 9.47. The summed E-state index contributed by atoms with van der Waals surface area (Å²) in [6.07, 6.45) is 1.68. The molecule has 1 fully saturated rings. The minimum Gasteiger partial charge on any atom is -0.341 e. The summed E-state index contributed by atoms with van der Waals surface area (Å²) in [6.45, 7) is 1.67. The summed E-state index contributed by atoms with van der Waals surface area (Å²) < 4.78 is 0. The summed E-state index contributed by atoms with van der Waals surface area (Å²) in [6, 6.07) is 20.0. The van der Waals surface area contributed by atoms with Crippen LogP contribution in [-0.4, -0.2) is 35.7 Å². The van der Waals surface area contributed by atoms with Gasteiger partial charge in [0, 0.05) is 23.7 Å². The molecule has 2 N–H and O–H groups in total. The van der Waals surface area contributed by atoms with Crippen LogP contribution in [0.4, 0.5) is 0 Å². The van der Waals surface area contributed by atoms with Crippen molar-refractivity contribution in [1.29, 1.82) is 0 Å². The first kappa shape index (κ1) is 19.8. The van der Waals surface area contributed by atoms with Gasteiger partial charge in [0.15, 0.2) is 0 Å². The standard InChI is InChI=1S/C20H24N2OS.ClH/c21-19(13-16-7-3-1-4-8-16)20(23)22-12-11-17(14-22)15-24-18-9-5-2-6-10-18;/h1-10,17,19H,11-15,21H2;1H. The molecule has 2 unspecified atom stereocenters. The number of carbonyl (C=O) groups is 1. The number of nitrogens with two attached hydrogens (primary N) is 1. The van der Waals surface area contributed by atoms with Crippen LogP contribution in [0.5, 0.6) is 0 Å². The lowest BCUT2D eigenvalue weighted by molar-refractivity contribution is -0.131. The van der Waals surface area contributed by atoms with Crippen molar-refractivity contribution in [3.05, 3.63) is 66.2 Å². The second kappa shape index (κ2) is 9.85. The Kier molecular flexibility index (Phi) is 7.82. The Morgan fingerprint density at radius 1 is 1.12 bits per heavy atom. The van der Waals surface area contributed by atoms with Gasteiger partial charge in [0.2, 0.25) is 5.91 Å². The van der Waals surface area contributed by atoms with Crippen molar-refractivity contribution in [2.24, 2.45) is 11.7 Å². The SMILES string of the molecule is Cl.NC(Cc1ccccc1)C(=O)N1CCC(CSc2ccccc2)C1. The van der Waals surface area contributed by atoms with Crippen molar-refractivity contribution in [2.75, 3.05) is 18.8 Å². The maximum atomic E-state index is 12.6. The zero-order valence-electron chi connectivity index (χ0n) is 14.2. The van der Waals surface area contributed by atoms with Crippen LogP contribution in [-0.2, 0) is 11.2 Å². The highest BCUT2D eigenvalue weighted by Gasteiger charge is 2.29. The van der Waals surface area contributed by atoms with E-state index in [9.17, 15) is 4.79 Å². The highest BCUT2D eigenvalue weighted by Crippen LogP contribution is 2.26. The number of carbonyl (C=O) groups excluding carboxylic acids is 1. The predicted octanol–water partition coefficient (Wildman–Crippen LogP) is 3.62. The minimum atomic E-state index is -0.437. The highest BCUT2D eigenvalue weighted by molar-refractivity contribution is 7.99. The maximum absolute atomic E-state index is 12.6. The van der Waals surface area contributed by atoms with Crippen LogP contribution in [0.15, 0.2) is 65.6 Å². The number of hydrogen-bond donors (Lipinski definition) is 1. The van der Waals surface area contributed by atoms with Gasteiger partial charge in [0.25, 0.3) is 0 Å². The normalized spacial score (nSPS) is 17.8. The summed E-state index contributed by atoms with van der Waals surface area (Å²) >= 11 is 1.87. The van der Waals surface area contributed by atoms with Gasteiger partial charge in [-0.2, -0.15) is 0 Å². The first-order valence-electron chi connectivity index (χ1n) is 8.48. The molecular formula is C20H25ClN2OS. The topological polar surface area (TPSA) is 46.3 Å². The van der Waals surface area contributed by atoms with E-state index in [-0.39, 0.29) is 18.3 Å². The molecule has 0 aliphatic carbocycles. The van der Waals surface area contributed by atoms with E-state index in [0.29, 0.717) is 12.3 Å². The van der Waals surface area contributed by atoms with E-state index in [2.05, 4.69) is 24.3 Å². The number of thioether (sulfide) groups is 1. The summed E-state index contributed by atoms with van der Waals surface area (Å²) in [5.41, 5.74) is 7.26. The van der Waals surface area contributed by atoms with Gasteiger partial charge in [0.1, 0.15) is 0 Å². The van der Waals surface area contributed by atoms with Crippen molar-refractivity contribution in [1.82, 2.24) is 4.90 Å². The lowest BCUT2D eigenvalue weighted by Crippen LogP contribution is -2.44. The molecule has 1 aliphatic rings. The molecular weight excluding hydrogens is 352 g/mol. The number of hydrogen-bond acceptors (Lipinski definition) is 3. The smallest absolute Gasteiger partial charge is 0.239 e. The van der Waals surface area contributed by atoms with Crippen LogP contribution >= 0.6 is 24.2 Å². The average molecular weight is 377 g/mol. The van der Waals surface area contributed by atoms with Gasteiger partial charge in [-0.25, -0.2) is 0 Å². The molecule has 3 nitrogen and oxygen atoms in total. The van der Waals surface area contributed by atoms with Gasteiger partial charge in [-0.1, -0.05) is 48.5 Å². The summed E-state index contributed by atoms with van der Waals surface area (Å²) in [5.74, 6) is 1.70. The molecule has 25 heavy (non-hydrogen) atoms. The Labute approximate surface area is 160 Å². The molecule has 3 rings (SSSR count). The molecule has 134 valence electrons. The molecule has 1 aliphatic heterocycles. The number of amides is 1. The molecule has 0 spiro atoms. The Balaban J connectivity index is 0.00000225. The summed E-state index contributed by atoms with van der Waals surface area (Å²) in [7, 11) is 0. The van der Waals surface area contributed by atoms with Crippen LogP contribution in [0.3, 0.4) is 0 Å². The largest absolute Gasteiger partial charge is 0.341 e. The van der Waals surface area contributed by atoms with Crippen molar-refractivity contribution < 1.29 is 4.79 Å². The summed E-state index contributed by atoms with van der Waals surface area (Å²) in [4.78, 5) is 15.8. The molecule has 0 radical (unpaired) electrons. The van der Waals surface area contributed by atoms with Gasteiger partial charge in [-0.05, 0) is 36.5 Å². The van der Waals surface area contributed by atoms with Crippen LogP contribution in [0.1, 0.15) is 12.0 Å².